The Balaban J connectivity index is 2.32. The van der Waals surface area contributed by atoms with Crippen molar-refractivity contribution < 1.29 is 14.9 Å². The third-order valence-corrected chi connectivity index (χ3v) is 5.91. The predicted octanol–water partition coefficient (Wildman–Crippen LogP) is 4.88. The highest BCUT2D eigenvalue weighted by Crippen LogP contribution is 2.39. The number of hydrogen-bond acceptors (Lipinski definition) is 3. The Hall–Kier alpha value is -1.94. The van der Waals surface area contributed by atoms with E-state index in [-0.39, 0.29) is 6.61 Å². The Morgan fingerprint density at radius 3 is 2.07 bits per heavy atom. The van der Waals surface area contributed by atoms with Crippen molar-refractivity contribution in [1.82, 2.24) is 0 Å². The smallest absolute Gasteiger partial charge is 0.0968 e. The van der Waals surface area contributed by atoms with Crippen LogP contribution in [0.4, 0.5) is 0 Å². The molecule has 152 valence electrons. The van der Waals surface area contributed by atoms with Crippen molar-refractivity contribution in [3.05, 3.63) is 84.4 Å². The van der Waals surface area contributed by atoms with Gasteiger partial charge in [0.05, 0.1) is 24.4 Å². The zero-order valence-corrected chi connectivity index (χ0v) is 17.4. The van der Waals surface area contributed by atoms with Crippen LogP contribution in [0.1, 0.15) is 44.7 Å². The van der Waals surface area contributed by atoms with Gasteiger partial charge in [-0.05, 0) is 37.3 Å². The molecule has 3 nitrogen and oxygen atoms in total. The van der Waals surface area contributed by atoms with Crippen LogP contribution in [-0.4, -0.2) is 29.0 Å². The van der Waals surface area contributed by atoms with Crippen LogP contribution in [0.2, 0.25) is 0 Å². The Morgan fingerprint density at radius 2 is 1.54 bits per heavy atom. The molecule has 3 heteroatoms. The van der Waals surface area contributed by atoms with Gasteiger partial charge in [-0.25, -0.2) is 0 Å². The number of rotatable bonds is 11. The highest BCUT2D eigenvalue weighted by atomic mass is 16.5. The molecule has 0 bridgehead atoms. The van der Waals surface area contributed by atoms with Gasteiger partial charge in [-0.15, -0.1) is 6.58 Å². The van der Waals surface area contributed by atoms with E-state index in [0.29, 0.717) is 13.0 Å². The van der Waals surface area contributed by atoms with Crippen LogP contribution >= 0.6 is 0 Å². The first-order valence-electron chi connectivity index (χ1n) is 9.94. The zero-order valence-electron chi connectivity index (χ0n) is 17.4. The van der Waals surface area contributed by atoms with Crippen LogP contribution in [0.5, 0.6) is 0 Å². The molecule has 0 heterocycles. The molecule has 0 aliphatic heterocycles. The second-order valence-electron chi connectivity index (χ2n) is 8.44. The molecule has 2 atom stereocenters. The molecule has 2 N–H and O–H groups in total. The Morgan fingerprint density at radius 1 is 0.964 bits per heavy atom. The molecule has 0 aliphatic carbocycles. The van der Waals surface area contributed by atoms with Crippen LogP contribution in [0.25, 0.3) is 0 Å². The average Bonchev–Trinajstić information content (AvgIpc) is 2.71. The number of aryl methyl sites for hydroxylation is 1. The Labute approximate surface area is 169 Å². The lowest BCUT2D eigenvalue weighted by molar-refractivity contribution is -0.156. The number of ether oxygens (including phenoxy) is 1. The second-order valence-corrected chi connectivity index (χ2v) is 8.44. The molecule has 0 fully saturated rings. The zero-order chi connectivity index (χ0) is 20.7. The van der Waals surface area contributed by atoms with Gasteiger partial charge in [0.1, 0.15) is 0 Å². The van der Waals surface area contributed by atoms with Gasteiger partial charge in [0, 0.05) is 5.41 Å². The van der Waals surface area contributed by atoms with Crippen molar-refractivity contribution in [3.63, 3.8) is 0 Å². The van der Waals surface area contributed by atoms with Crippen molar-refractivity contribution in [3.8, 4) is 0 Å². The van der Waals surface area contributed by atoms with Gasteiger partial charge in [0.25, 0.3) is 0 Å². The first-order chi connectivity index (χ1) is 13.3. The molecular weight excluding hydrogens is 348 g/mol. The van der Waals surface area contributed by atoms with E-state index in [2.05, 4.69) is 43.0 Å². The molecule has 0 aromatic heterocycles. The van der Waals surface area contributed by atoms with Crippen LogP contribution in [0.3, 0.4) is 0 Å². The first kappa shape index (κ1) is 22.4. The molecule has 0 radical (unpaired) electrons. The minimum absolute atomic E-state index is 0.312. The van der Waals surface area contributed by atoms with E-state index in [9.17, 15) is 10.2 Å². The van der Waals surface area contributed by atoms with E-state index in [4.69, 9.17) is 4.74 Å². The standard InChI is InChI=1S/C25H34O3/c1-5-17-25(22-14-10-7-11-15-22,18-16-21-12-8-6-9-13-21)28-20-23(2,3)24(4,27)19-26/h5-15,26-27H,1,16-20H2,2-4H3. The number of benzene rings is 2. The summed E-state index contributed by atoms with van der Waals surface area (Å²) in [6.07, 6.45) is 4.24. The van der Waals surface area contributed by atoms with Crippen LogP contribution < -0.4 is 0 Å². The Bertz CT molecular complexity index is 722. The molecule has 2 aromatic carbocycles. The summed E-state index contributed by atoms with van der Waals surface area (Å²) in [7, 11) is 0. The highest BCUT2D eigenvalue weighted by molar-refractivity contribution is 5.25. The summed E-state index contributed by atoms with van der Waals surface area (Å²) in [5, 5.41) is 20.2. The Kier molecular flexibility index (Phi) is 7.59. The van der Waals surface area contributed by atoms with E-state index >= 15 is 0 Å². The van der Waals surface area contributed by atoms with Crippen LogP contribution in [-0.2, 0) is 16.8 Å². The van der Waals surface area contributed by atoms with Gasteiger partial charge in [-0.3, -0.25) is 0 Å². The fraction of sp³-hybridized carbons (Fsp3) is 0.440. The third-order valence-electron chi connectivity index (χ3n) is 5.91. The molecule has 2 unspecified atom stereocenters. The van der Waals surface area contributed by atoms with E-state index < -0.39 is 16.6 Å². The fourth-order valence-electron chi connectivity index (χ4n) is 3.23. The predicted molar refractivity (Wildman–Crippen MR) is 115 cm³/mol. The molecule has 28 heavy (non-hydrogen) atoms. The summed E-state index contributed by atoms with van der Waals surface area (Å²) < 4.78 is 6.59. The van der Waals surface area contributed by atoms with E-state index in [1.54, 1.807) is 6.92 Å². The monoisotopic (exact) mass is 382 g/mol. The molecular formula is C25H34O3. The van der Waals surface area contributed by atoms with Crippen molar-refractivity contribution in [2.24, 2.45) is 5.41 Å². The lowest BCUT2D eigenvalue weighted by Gasteiger charge is -2.42. The maximum atomic E-state index is 10.6. The lowest BCUT2D eigenvalue weighted by Crippen LogP contribution is -2.49. The quantitative estimate of drug-likeness (QED) is 0.545. The van der Waals surface area contributed by atoms with Gasteiger partial charge in [-0.1, -0.05) is 80.6 Å². The van der Waals surface area contributed by atoms with Crippen molar-refractivity contribution >= 4 is 0 Å². The summed E-state index contributed by atoms with van der Waals surface area (Å²) in [5.41, 5.74) is -0.0252. The lowest BCUT2D eigenvalue weighted by atomic mass is 9.76. The van der Waals surface area contributed by atoms with Crippen molar-refractivity contribution in [2.75, 3.05) is 13.2 Å². The van der Waals surface area contributed by atoms with Gasteiger partial charge < -0.3 is 14.9 Å². The summed E-state index contributed by atoms with van der Waals surface area (Å²) in [6, 6.07) is 20.6. The van der Waals surface area contributed by atoms with E-state index in [1.807, 2.05) is 44.2 Å². The maximum Gasteiger partial charge on any atom is 0.0968 e. The largest absolute Gasteiger partial charge is 0.393 e. The summed E-state index contributed by atoms with van der Waals surface area (Å²) in [5.74, 6) is 0. The second kappa shape index (κ2) is 9.51. The molecule has 0 amide bonds. The molecule has 0 saturated heterocycles. The van der Waals surface area contributed by atoms with Gasteiger partial charge >= 0.3 is 0 Å². The first-order valence-corrected chi connectivity index (χ1v) is 9.94. The molecule has 2 aromatic rings. The average molecular weight is 383 g/mol. The highest BCUT2D eigenvalue weighted by Gasteiger charge is 2.42. The SMILES string of the molecule is C=CCC(CCc1ccccc1)(OCC(C)(C)C(C)(O)CO)c1ccccc1. The molecule has 0 aliphatic rings. The van der Waals surface area contributed by atoms with Crippen molar-refractivity contribution in [1.29, 1.82) is 0 Å². The summed E-state index contributed by atoms with van der Waals surface area (Å²) in [4.78, 5) is 0. The summed E-state index contributed by atoms with van der Waals surface area (Å²) >= 11 is 0. The molecule has 0 saturated carbocycles. The number of aliphatic hydroxyl groups excluding tert-OH is 1. The molecule has 0 spiro atoms. The topological polar surface area (TPSA) is 49.7 Å². The minimum Gasteiger partial charge on any atom is -0.393 e. The van der Waals surface area contributed by atoms with Gasteiger partial charge in [0.15, 0.2) is 0 Å². The van der Waals surface area contributed by atoms with E-state index in [1.165, 1.54) is 5.56 Å². The maximum absolute atomic E-state index is 10.6. The third kappa shape index (κ3) is 5.32. The number of hydrogen-bond donors (Lipinski definition) is 2. The molecule has 2 rings (SSSR count). The van der Waals surface area contributed by atoms with E-state index in [0.717, 1.165) is 18.4 Å². The summed E-state index contributed by atoms with van der Waals surface area (Å²) in [6.45, 7) is 9.46. The normalized spacial score (nSPS) is 16.2. The van der Waals surface area contributed by atoms with Gasteiger partial charge in [0.2, 0.25) is 0 Å². The van der Waals surface area contributed by atoms with Gasteiger partial charge in [-0.2, -0.15) is 0 Å². The van der Waals surface area contributed by atoms with Crippen LogP contribution in [0.15, 0.2) is 73.3 Å². The van der Waals surface area contributed by atoms with Crippen LogP contribution in [0, 0.1) is 5.41 Å². The minimum atomic E-state index is -1.23. The number of aliphatic hydroxyl groups is 2. The fourth-order valence-corrected chi connectivity index (χ4v) is 3.23. The van der Waals surface area contributed by atoms with Crippen molar-refractivity contribution in [2.45, 2.75) is 51.2 Å².